The van der Waals surface area contributed by atoms with Gasteiger partial charge in [-0.15, -0.1) is 0 Å². The number of aromatic nitrogens is 3. The first-order valence-electron chi connectivity index (χ1n) is 6.26. The van der Waals surface area contributed by atoms with Gasteiger partial charge in [0.05, 0.1) is 11.2 Å². The summed E-state index contributed by atoms with van der Waals surface area (Å²) >= 11 is 0. The van der Waals surface area contributed by atoms with Crippen LogP contribution in [0, 0.1) is 0 Å². The van der Waals surface area contributed by atoms with Crippen molar-refractivity contribution in [2.24, 2.45) is 0 Å². The van der Waals surface area contributed by atoms with Gasteiger partial charge in [-0.3, -0.25) is 4.98 Å². The summed E-state index contributed by atoms with van der Waals surface area (Å²) in [5.41, 5.74) is 2.17. The summed E-state index contributed by atoms with van der Waals surface area (Å²) in [5, 5.41) is 1.16. The Morgan fingerprint density at radius 2 is 1.94 bits per heavy atom. The van der Waals surface area contributed by atoms with Gasteiger partial charge in [-0.25, -0.2) is 4.98 Å². The van der Waals surface area contributed by atoms with Crippen LogP contribution in [0.1, 0.15) is 19.2 Å². The lowest BCUT2D eigenvalue weighted by atomic mass is 10.2. The van der Waals surface area contributed by atoms with Gasteiger partial charge in [0.25, 0.3) is 0 Å². The maximum atomic E-state index is 4.43. The summed E-state index contributed by atoms with van der Waals surface area (Å²) in [7, 11) is 0. The number of benzene rings is 1. The first-order valence-corrected chi connectivity index (χ1v) is 6.26. The van der Waals surface area contributed by atoms with E-state index in [0.29, 0.717) is 0 Å². The first-order chi connectivity index (χ1) is 8.90. The maximum Gasteiger partial charge on any atom is 0.113 e. The second kappa shape index (κ2) is 4.61. The number of hydrogen-bond donors (Lipinski definition) is 0. The van der Waals surface area contributed by atoms with Crippen molar-refractivity contribution < 1.29 is 0 Å². The van der Waals surface area contributed by atoms with Crippen LogP contribution in [0.2, 0.25) is 0 Å². The van der Waals surface area contributed by atoms with Crippen LogP contribution >= 0.6 is 0 Å². The van der Waals surface area contributed by atoms with Gasteiger partial charge < -0.3 is 4.57 Å². The number of fused-ring (bicyclic) bond motifs is 1. The third kappa shape index (κ3) is 1.78. The lowest BCUT2D eigenvalue weighted by Gasteiger charge is -2.10. The second-order valence-electron chi connectivity index (χ2n) is 4.31. The highest BCUT2D eigenvalue weighted by molar-refractivity contribution is 5.86. The molecule has 0 saturated heterocycles. The highest BCUT2D eigenvalue weighted by atomic mass is 15.1. The minimum absolute atomic E-state index is 0.990. The summed E-state index contributed by atoms with van der Waals surface area (Å²) < 4.78 is 2.16. The van der Waals surface area contributed by atoms with Gasteiger partial charge >= 0.3 is 0 Å². The number of rotatable bonds is 3. The highest BCUT2D eigenvalue weighted by Gasteiger charge is 2.07. The fourth-order valence-corrected chi connectivity index (χ4v) is 2.25. The van der Waals surface area contributed by atoms with Crippen LogP contribution in [0.25, 0.3) is 16.6 Å². The Kier molecular flexibility index (Phi) is 2.81. The quantitative estimate of drug-likeness (QED) is 0.699. The molecule has 0 amide bonds. The topological polar surface area (TPSA) is 30.7 Å². The summed E-state index contributed by atoms with van der Waals surface area (Å²) in [5.74, 6) is 1.11. The number of nitrogens with zero attached hydrogens (tertiary/aromatic N) is 3. The molecular formula is C15H15N3. The molecule has 0 fully saturated rings. The molecule has 0 aliphatic carbocycles. The average Bonchev–Trinajstić information content (AvgIpc) is 2.87. The van der Waals surface area contributed by atoms with E-state index in [9.17, 15) is 0 Å². The van der Waals surface area contributed by atoms with Gasteiger partial charge in [-0.05, 0) is 18.6 Å². The Hall–Kier alpha value is -2.16. The Morgan fingerprint density at radius 1 is 1.06 bits per heavy atom. The van der Waals surface area contributed by atoms with Crippen LogP contribution in [-0.4, -0.2) is 14.5 Å². The zero-order chi connectivity index (χ0) is 12.4. The van der Waals surface area contributed by atoms with Crippen LogP contribution in [0.15, 0.2) is 48.9 Å². The normalized spacial score (nSPS) is 10.9. The molecule has 3 aromatic rings. The molecule has 18 heavy (non-hydrogen) atoms. The summed E-state index contributed by atoms with van der Waals surface area (Å²) in [6, 6.07) is 10.2. The molecule has 2 heterocycles. The van der Waals surface area contributed by atoms with Gasteiger partial charge in [-0.1, -0.05) is 25.1 Å². The van der Waals surface area contributed by atoms with E-state index in [1.165, 1.54) is 0 Å². The minimum atomic E-state index is 0.990. The Bertz CT molecular complexity index is 665. The smallest absolute Gasteiger partial charge is 0.113 e. The fourth-order valence-electron chi connectivity index (χ4n) is 2.25. The van der Waals surface area contributed by atoms with Crippen LogP contribution in [0.4, 0.5) is 0 Å². The lowest BCUT2D eigenvalue weighted by molar-refractivity contribution is 0.811. The van der Waals surface area contributed by atoms with Crippen molar-refractivity contribution in [3.63, 3.8) is 0 Å². The van der Waals surface area contributed by atoms with E-state index in [4.69, 9.17) is 0 Å². The number of pyridine rings is 1. The fraction of sp³-hybridized carbons (Fsp3) is 0.200. The van der Waals surface area contributed by atoms with Gasteiger partial charge in [0.1, 0.15) is 5.82 Å². The molecule has 0 saturated carbocycles. The van der Waals surface area contributed by atoms with E-state index in [0.717, 1.165) is 35.3 Å². The standard InChI is InChI=1S/C15H15N3/c1-2-5-15-17-10-11-18(15)14-8-9-16-13-7-4-3-6-12(13)14/h3-4,6-11H,2,5H2,1H3. The van der Waals surface area contributed by atoms with Crippen LogP contribution < -0.4 is 0 Å². The highest BCUT2D eigenvalue weighted by Crippen LogP contribution is 2.21. The molecule has 3 nitrogen and oxygen atoms in total. The van der Waals surface area contributed by atoms with Crippen LogP contribution in [-0.2, 0) is 6.42 Å². The first kappa shape index (κ1) is 11.0. The molecule has 2 aromatic heterocycles. The average molecular weight is 237 g/mol. The lowest BCUT2D eigenvalue weighted by Crippen LogP contribution is -2.01. The molecule has 0 atom stereocenters. The third-order valence-corrected chi connectivity index (χ3v) is 3.08. The van der Waals surface area contributed by atoms with Crippen molar-refractivity contribution in [1.82, 2.24) is 14.5 Å². The maximum absolute atomic E-state index is 4.43. The number of aryl methyl sites for hydroxylation is 1. The van der Waals surface area contributed by atoms with Crippen molar-refractivity contribution in [3.8, 4) is 5.69 Å². The van der Waals surface area contributed by atoms with E-state index < -0.39 is 0 Å². The van der Waals surface area contributed by atoms with E-state index in [1.807, 2.05) is 42.9 Å². The second-order valence-corrected chi connectivity index (χ2v) is 4.31. The molecule has 3 rings (SSSR count). The predicted molar refractivity (Wildman–Crippen MR) is 72.9 cm³/mol. The van der Waals surface area contributed by atoms with Crippen LogP contribution in [0.5, 0.6) is 0 Å². The zero-order valence-electron chi connectivity index (χ0n) is 10.4. The molecular weight excluding hydrogens is 222 g/mol. The number of hydrogen-bond acceptors (Lipinski definition) is 2. The monoisotopic (exact) mass is 237 g/mol. The molecule has 3 heteroatoms. The molecule has 0 bridgehead atoms. The van der Waals surface area contributed by atoms with Gasteiger partial charge in [-0.2, -0.15) is 0 Å². The molecule has 0 N–H and O–H groups in total. The number of imidazole rings is 1. The SMILES string of the molecule is CCCc1nccn1-c1ccnc2ccccc12. The summed E-state index contributed by atoms with van der Waals surface area (Å²) in [6.07, 6.45) is 7.82. The molecule has 0 aliphatic rings. The van der Waals surface area contributed by atoms with E-state index in [2.05, 4.69) is 27.5 Å². The van der Waals surface area contributed by atoms with E-state index >= 15 is 0 Å². The molecule has 0 unspecified atom stereocenters. The van der Waals surface area contributed by atoms with Gasteiger partial charge in [0.2, 0.25) is 0 Å². The van der Waals surface area contributed by atoms with E-state index in [-0.39, 0.29) is 0 Å². The Labute approximate surface area is 106 Å². The molecule has 0 radical (unpaired) electrons. The molecule has 90 valence electrons. The molecule has 0 spiro atoms. The zero-order valence-corrected chi connectivity index (χ0v) is 10.4. The molecule has 0 aliphatic heterocycles. The van der Waals surface area contributed by atoms with Crippen molar-refractivity contribution >= 4 is 10.9 Å². The largest absolute Gasteiger partial charge is 0.303 e. The minimum Gasteiger partial charge on any atom is -0.303 e. The molecule has 1 aromatic carbocycles. The van der Waals surface area contributed by atoms with Gasteiger partial charge in [0, 0.05) is 30.4 Å². The predicted octanol–water partition coefficient (Wildman–Crippen LogP) is 3.37. The van der Waals surface area contributed by atoms with E-state index in [1.54, 1.807) is 0 Å². The Morgan fingerprint density at radius 3 is 2.83 bits per heavy atom. The van der Waals surface area contributed by atoms with Crippen molar-refractivity contribution in [3.05, 3.63) is 54.7 Å². The Balaban J connectivity index is 2.22. The summed E-state index contributed by atoms with van der Waals surface area (Å²) in [4.78, 5) is 8.83. The van der Waals surface area contributed by atoms with Crippen LogP contribution in [0.3, 0.4) is 0 Å². The van der Waals surface area contributed by atoms with Gasteiger partial charge in [0.15, 0.2) is 0 Å². The third-order valence-electron chi connectivity index (χ3n) is 3.08. The summed E-state index contributed by atoms with van der Waals surface area (Å²) in [6.45, 7) is 2.17. The van der Waals surface area contributed by atoms with Crippen molar-refractivity contribution in [1.29, 1.82) is 0 Å². The number of para-hydroxylation sites is 1. The van der Waals surface area contributed by atoms with Crippen molar-refractivity contribution in [2.45, 2.75) is 19.8 Å². The van der Waals surface area contributed by atoms with Crippen molar-refractivity contribution in [2.75, 3.05) is 0 Å².